The maximum absolute atomic E-state index is 11.0. The van der Waals surface area contributed by atoms with Crippen LogP contribution in [-0.4, -0.2) is 14.7 Å². The SMILES string of the molecule is Cc1ccc(Br)c(OS(C)(=O)=O)c1C. The minimum Gasteiger partial charge on any atom is -0.381 e. The van der Waals surface area contributed by atoms with E-state index in [0.29, 0.717) is 10.2 Å². The number of aryl methyl sites for hydroxylation is 1. The fraction of sp³-hybridized carbons (Fsp3) is 0.333. The molecular weight excluding hydrogens is 268 g/mol. The monoisotopic (exact) mass is 278 g/mol. The molecule has 1 aromatic rings. The van der Waals surface area contributed by atoms with E-state index in [1.807, 2.05) is 19.9 Å². The molecule has 0 saturated heterocycles. The first kappa shape index (κ1) is 11.5. The molecule has 0 aliphatic heterocycles. The van der Waals surface area contributed by atoms with E-state index in [1.165, 1.54) is 0 Å². The Labute approximate surface area is 92.3 Å². The molecule has 0 saturated carbocycles. The van der Waals surface area contributed by atoms with Crippen molar-refractivity contribution in [3.8, 4) is 5.75 Å². The molecule has 1 rings (SSSR count). The van der Waals surface area contributed by atoms with Crippen LogP contribution < -0.4 is 4.18 Å². The van der Waals surface area contributed by atoms with Crippen molar-refractivity contribution in [2.75, 3.05) is 6.26 Å². The zero-order chi connectivity index (χ0) is 10.9. The normalized spacial score (nSPS) is 11.4. The summed E-state index contributed by atoms with van der Waals surface area (Å²) < 4.78 is 27.5. The number of benzene rings is 1. The van der Waals surface area contributed by atoms with Crippen LogP contribution >= 0.6 is 15.9 Å². The topological polar surface area (TPSA) is 43.4 Å². The summed E-state index contributed by atoms with van der Waals surface area (Å²) in [5.41, 5.74) is 1.82. The van der Waals surface area contributed by atoms with Crippen LogP contribution in [0.2, 0.25) is 0 Å². The molecule has 0 amide bonds. The van der Waals surface area contributed by atoms with Gasteiger partial charge < -0.3 is 4.18 Å². The first-order valence-corrected chi connectivity index (χ1v) is 6.57. The molecule has 0 N–H and O–H groups in total. The molecule has 78 valence electrons. The van der Waals surface area contributed by atoms with Crippen LogP contribution in [0.15, 0.2) is 16.6 Å². The molecule has 0 radical (unpaired) electrons. The maximum Gasteiger partial charge on any atom is 0.306 e. The predicted molar refractivity (Wildman–Crippen MR) is 59.1 cm³/mol. The molecule has 0 unspecified atom stereocenters. The molecule has 0 aromatic heterocycles. The number of hydrogen-bond acceptors (Lipinski definition) is 3. The molecule has 14 heavy (non-hydrogen) atoms. The van der Waals surface area contributed by atoms with Gasteiger partial charge in [-0.25, -0.2) is 0 Å². The van der Waals surface area contributed by atoms with Crippen molar-refractivity contribution in [3.63, 3.8) is 0 Å². The molecule has 1 aromatic carbocycles. The third kappa shape index (κ3) is 2.72. The maximum atomic E-state index is 11.0. The Balaban J connectivity index is 3.27. The smallest absolute Gasteiger partial charge is 0.306 e. The van der Waals surface area contributed by atoms with Crippen molar-refractivity contribution in [2.45, 2.75) is 13.8 Å². The Morgan fingerprint density at radius 1 is 1.29 bits per heavy atom. The lowest BCUT2D eigenvalue weighted by molar-refractivity contribution is 0.489. The van der Waals surface area contributed by atoms with E-state index in [9.17, 15) is 8.42 Å². The Hall–Kier alpha value is -0.550. The molecule has 0 atom stereocenters. The summed E-state index contributed by atoms with van der Waals surface area (Å²) in [6, 6.07) is 3.66. The Kier molecular flexibility index (Phi) is 3.21. The van der Waals surface area contributed by atoms with Gasteiger partial charge in [0.15, 0.2) is 5.75 Å². The van der Waals surface area contributed by atoms with Crippen molar-refractivity contribution < 1.29 is 12.6 Å². The summed E-state index contributed by atoms with van der Waals surface area (Å²) in [5.74, 6) is 0.368. The summed E-state index contributed by atoms with van der Waals surface area (Å²) in [6.45, 7) is 3.72. The number of rotatable bonds is 2. The van der Waals surface area contributed by atoms with E-state index < -0.39 is 10.1 Å². The van der Waals surface area contributed by atoms with Gasteiger partial charge in [-0.3, -0.25) is 0 Å². The van der Waals surface area contributed by atoms with Crippen LogP contribution in [0, 0.1) is 13.8 Å². The van der Waals surface area contributed by atoms with Crippen molar-refractivity contribution >= 4 is 26.0 Å². The Morgan fingerprint density at radius 2 is 1.86 bits per heavy atom. The summed E-state index contributed by atoms with van der Waals surface area (Å²) >= 11 is 3.24. The molecular formula is C9H11BrO3S. The van der Waals surface area contributed by atoms with Crippen molar-refractivity contribution in [3.05, 3.63) is 27.7 Å². The molecule has 0 bridgehead atoms. The highest BCUT2D eigenvalue weighted by Crippen LogP contribution is 2.31. The molecule has 0 aliphatic rings. The summed E-state index contributed by atoms with van der Waals surface area (Å²) in [4.78, 5) is 0. The third-order valence-electron chi connectivity index (χ3n) is 1.86. The van der Waals surface area contributed by atoms with Gasteiger partial charge in [0.25, 0.3) is 0 Å². The van der Waals surface area contributed by atoms with Crippen LogP contribution in [0.1, 0.15) is 11.1 Å². The van der Waals surface area contributed by atoms with E-state index in [4.69, 9.17) is 4.18 Å². The first-order chi connectivity index (χ1) is 6.31. The van der Waals surface area contributed by atoms with Gasteiger partial charge >= 0.3 is 10.1 Å². The van der Waals surface area contributed by atoms with Crippen LogP contribution in [0.25, 0.3) is 0 Å². The van der Waals surface area contributed by atoms with Crippen LogP contribution in [0.5, 0.6) is 5.75 Å². The second kappa shape index (κ2) is 3.90. The van der Waals surface area contributed by atoms with Gasteiger partial charge in [-0.1, -0.05) is 6.07 Å². The molecule has 0 fully saturated rings. The fourth-order valence-corrected chi connectivity index (χ4v) is 2.15. The zero-order valence-electron chi connectivity index (χ0n) is 8.17. The van der Waals surface area contributed by atoms with Gasteiger partial charge in [0.05, 0.1) is 10.7 Å². The lowest BCUT2D eigenvalue weighted by Gasteiger charge is -2.10. The average Bonchev–Trinajstić information content (AvgIpc) is 2.04. The molecule has 5 heteroatoms. The largest absolute Gasteiger partial charge is 0.381 e. The molecule has 0 aliphatic carbocycles. The second-order valence-electron chi connectivity index (χ2n) is 3.11. The highest BCUT2D eigenvalue weighted by Gasteiger charge is 2.12. The van der Waals surface area contributed by atoms with Gasteiger partial charge in [0.1, 0.15) is 0 Å². The fourth-order valence-electron chi connectivity index (χ4n) is 1.01. The summed E-state index contributed by atoms with van der Waals surface area (Å²) in [6.07, 6.45) is 1.03. The Morgan fingerprint density at radius 3 is 2.36 bits per heavy atom. The zero-order valence-corrected chi connectivity index (χ0v) is 10.6. The van der Waals surface area contributed by atoms with E-state index >= 15 is 0 Å². The number of halogens is 1. The van der Waals surface area contributed by atoms with Crippen LogP contribution in [-0.2, 0) is 10.1 Å². The molecule has 0 spiro atoms. The standard InChI is InChI=1S/C9H11BrO3S/c1-6-4-5-8(10)9(7(6)2)13-14(3,11)12/h4-5H,1-3H3. The molecule has 0 heterocycles. The number of hydrogen-bond donors (Lipinski definition) is 0. The second-order valence-corrected chi connectivity index (χ2v) is 5.54. The van der Waals surface area contributed by atoms with E-state index in [-0.39, 0.29) is 0 Å². The van der Waals surface area contributed by atoms with Gasteiger partial charge in [0.2, 0.25) is 0 Å². The molecule has 3 nitrogen and oxygen atoms in total. The minimum atomic E-state index is -3.47. The lowest BCUT2D eigenvalue weighted by Crippen LogP contribution is -2.07. The van der Waals surface area contributed by atoms with Gasteiger partial charge in [-0.2, -0.15) is 8.42 Å². The Bertz CT molecular complexity index is 451. The van der Waals surface area contributed by atoms with E-state index in [2.05, 4.69) is 15.9 Å². The lowest BCUT2D eigenvalue weighted by atomic mass is 10.1. The quantitative estimate of drug-likeness (QED) is 0.781. The van der Waals surface area contributed by atoms with Crippen molar-refractivity contribution in [1.82, 2.24) is 0 Å². The van der Waals surface area contributed by atoms with Gasteiger partial charge in [-0.05, 0) is 47.0 Å². The van der Waals surface area contributed by atoms with Crippen molar-refractivity contribution in [1.29, 1.82) is 0 Å². The van der Waals surface area contributed by atoms with Crippen molar-refractivity contribution in [2.24, 2.45) is 0 Å². The van der Waals surface area contributed by atoms with Crippen LogP contribution in [0.3, 0.4) is 0 Å². The van der Waals surface area contributed by atoms with E-state index in [0.717, 1.165) is 17.4 Å². The van der Waals surface area contributed by atoms with Crippen LogP contribution in [0.4, 0.5) is 0 Å². The minimum absolute atomic E-state index is 0.368. The highest BCUT2D eigenvalue weighted by molar-refractivity contribution is 9.10. The first-order valence-electron chi connectivity index (χ1n) is 3.96. The van der Waals surface area contributed by atoms with E-state index in [1.54, 1.807) is 6.07 Å². The third-order valence-corrected chi connectivity index (χ3v) is 2.96. The van der Waals surface area contributed by atoms with Gasteiger partial charge in [-0.15, -0.1) is 0 Å². The highest BCUT2D eigenvalue weighted by atomic mass is 79.9. The average molecular weight is 279 g/mol. The predicted octanol–water partition coefficient (Wildman–Crippen LogP) is 2.40. The summed E-state index contributed by atoms with van der Waals surface area (Å²) in [7, 11) is -3.47. The van der Waals surface area contributed by atoms with Gasteiger partial charge in [0, 0.05) is 0 Å². The summed E-state index contributed by atoms with van der Waals surface area (Å²) in [5, 5.41) is 0.